The smallest absolute Gasteiger partial charge is 0.250 e. The first-order valence-corrected chi connectivity index (χ1v) is 10.5. The topological polar surface area (TPSA) is 41.9 Å². The summed E-state index contributed by atoms with van der Waals surface area (Å²) in [5.41, 5.74) is 1.69. The van der Waals surface area contributed by atoms with Gasteiger partial charge in [-0.15, -0.1) is 0 Å². The van der Waals surface area contributed by atoms with E-state index in [1.54, 1.807) is 0 Å². The molecular weight excluding hydrogens is 529 g/mol. The maximum atomic E-state index is 5.91. The van der Waals surface area contributed by atoms with Crippen molar-refractivity contribution in [2.45, 2.75) is 21.4 Å². The highest BCUT2D eigenvalue weighted by Gasteiger charge is 2.34. The maximum Gasteiger partial charge on any atom is 0.250 e. The predicted molar refractivity (Wildman–Crippen MR) is 115 cm³/mol. The molecule has 1 heterocycles. The van der Waals surface area contributed by atoms with Crippen LogP contribution in [0.15, 0.2) is 22.7 Å². The zero-order valence-corrected chi connectivity index (χ0v) is 19.7. The van der Waals surface area contributed by atoms with E-state index < -0.39 is 7.59 Å². The average molecular weight is 542 g/mol. The standard InChI is InChI=1S/C15H13BrCl6N4/c1-3-26(4-2)10-6-5-8(7-9(10)16)11-23-12(14(17,18)19)25-13(24-11)15(20,21)22/h5-7H,3-4H2,1-2H3. The van der Waals surface area contributed by atoms with Crippen LogP contribution in [0.1, 0.15) is 25.5 Å². The lowest BCUT2D eigenvalue weighted by Crippen LogP contribution is -2.22. The molecule has 142 valence electrons. The van der Waals surface area contributed by atoms with E-state index in [0.717, 1.165) is 23.2 Å². The van der Waals surface area contributed by atoms with E-state index in [4.69, 9.17) is 69.6 Å². The number of alkyl halides is 6. The Labute approximate surface area is 190 Å². The molecule has 0 saturated carbocycles. The van der Waals surface area contributed by atoms with Gasteiger partial charge in [0.1, 0.15) is 0 Å². The number of anilines is 1. The molecule has 0 unspecified atom stereocenters. The fraction of sp³-hybridized carbons (Fsp3) is 0.400. The van der Waals surface area contributed by atoms with Gasteiger partial charge in [-0.05, 0) is 48.0 Å². The molecule has 1 aromatic carbocycles. The Morgan fingerprint density at radius 1 is 0.885 bits per heavy atom. The van der Waals surface area contributed by atoms with Crippen LogP contribution in [-0.2, 0) is 7.59 Å². The highest BCUT2D eigenvalue weighted by Crippen LogP contribution is 2.41. The molecule has 0 aliphatic heterocycles. The fourth-order valence-corrected chi connectivity index (χ4v) is 3.36. The number of aromatic nitrogens is 3. The van der Waals surface area contributed by atoms with Crippen LogP contribution in [0.4, 0.5) is 5.69 Å². The Balaban J connectivity index is 2.59. The first-order chi connectivity index (χ1) is 12.0. The maximum absolute atomic E-state index is 5.91. The van der Waals surface area contributed by atoms with Crippen LogP contribution in [0, 0.1) is 0 Å². The van der Waals surface area contributed by atoms with Gasteiger partial charge >= 0.3 is 0 Å². The molecule has 26 heavy (non-hydrogen) atoms. The molecule has 0 spiro atoms. The molecule has 0 aliphatic rings. The van der Waals surface area contributed by atoms with Crippen molar-refractivity contribution < 1.29 is 0 Å². The molecule has 0 N–H and O–H groups in total. The van der Waals surface area contributed by atoms with Gasteiger partial charge in [-0.3, -0.25) is 0 Å². The minimum Gasteiger partial charge on any atom is -0.371 e. The molecule has 0 amide bonds. The minimum absolute atomic E-state index is 0.127. The van der Waals surface area contributed by atoms with Gasteiger partial charge in [0.05, 0.1) is 5.69 Å². The van der Waals surface area contributed by atoms with Gasteiger partial charge in [-0.2, -0.15) is 0 Å². The molecular formula is C15H13BrCl6N4. The molecule has 0 bridgehead atoms. The van der Waals surface area contributed by atoms with Crippen molar-refractivity contribution in [3.05, 3.63) is 34.3 Å². The van der Waals surface area contributed by atoms with Crippen LogP contribution in [0.5, 0.6) is 0 Å². The van der Waals surface area contributed by atoms with Crippen molar-refractivity contribution in [1.82, 2.24) is 15.0 Å². The molecule has 0 atom stereocenters. The van der Waals surface area contributed by atoms with E-state index in [-0.39, 0.29) is 17.5 Å². The molecule has 4 nitrogen and oxygen atoms in total. The third kappa shape index (κ3) is 5.40. The van der Waals surface area contributed by atoms with Crippen LogP contribution in [0.25, 0.3) is 11.4 Å². The average Bonchev–Trinajstić information content (AvgIpc) is 2.55. The second kappa shape index (κ2) is 8.73. The summed E-state index contributed by atoms with van der Waals surface area (Å²) >= 11 is 39.0. The third-order valence-corrected chi connectivity index (χ3v) is 5.10. The van der Waals surface area contributed by atoms with Crippen LogP contribution in [-0.4, -0.2) is 28.0 Å². The Kier molecular flexibility index (Phi) is 7.56. The largest absolute Gasteiger partial charge is 0.371 e. The van der Waals surface area contributed by atoms with Crippen molar-refractivity contribution in [2.75, 3.05) is 18.0 Å². The number of halogens is 7. The van der Waals surface area contributed by atoms with E-state index in [1.165, 1.54) is 0 Å². The number of rotatable bonds is 4. The van der Waals surface area contributed by atoms with Crippen molar-refractivity contribution >= 4 is 91.2 Å². The van der Waals surface area contributed by atoms with Gasteiger partial charge in [-0.1, -0.05) is 69.6 Å². The van der Waals surface area contributed by atoms with Gasteiger partial charge in [0.25, 0.3) is 0 Å². The Hall–Kier alpha value is 0.250. The lowest BCUT2D eigenvalue weighted by Gasteiger charge is -2.23. The number of hydrogen-bond acceptors (Lipinski definition) is 4. The first-order valence-electron chi connectivity index (χ1n) is 7.42. The van der Waals surface area contributed by atoms with Crippen LogP contribution >= 0.6 is 85.5 Å². The normalized spacial score (nSPS) is 12.3. The third-order valence-electron chi connectivity index (χ3n) is 3.45. The number of benzene rings is 1. The first kappa shape index (κ1) is 22.5. The molecule has 2 rings (SSSR count). The van der Waals surface area contributed by atoms with E-state index in [9.17, 15) is 0 Å². The summed E-state index contributed by atoms with van der Waals surface area (Å²) in [7, 11) is 0. The summed E-state index contributed by atoms with van der Waals surface area (Å²) in [6.07, 6.45) is 0. The predicted octanol–water partition coefficient (Wildman–Crippen LogP) is 6.80. The SMILES string of the molecule is CCN(CC)c1ccc(-c2nc(C(Cl)(Cl)Cl)nc(C(Cl)(Cl)Cl)n2)cc1Br. The summed E-state index contributed by atoms with van der Waals surface area (Å²) in [5.74, 6) is -0.0232. The summed E-state index contributed by atoms with van der Waals surface area (Å²) in [6, 6.07) is 5.64. The van der Waals surface area contributed by atoms with Gasteiger partial charge in [0, 0.05) is 23.1 Å². The molecule has 2 aromatic rings. The van der Waals surface area contributed by atoms with Gasteiger partial charge in [0.2, 0.25) is 7.59 Å². The van der Waals surface area contributed by atoms with Crippen molar-refractivity contribution in [3.8, 4) is 11.4 Å². The molecule has 0 radical (unpaired) electrons. The van der Waals surface area contributed by atoms with Crippen molar-refractivity contribution in [3.63, 3.8) is 0 Å². The number of hydrogen-bond donors (Lipinski definition) is 0. The molecule has 0 aliphatic carbocycles. The van der Waals surface area contributed by atoms with Crippen molar-refractivity contribution in [2.24, 2.45) is 0 Å². The summed E-state index contributed by atoms with van der Waals surface area (Å²) in [4.78, 5) is 14.6. The van der Waals surface area contributed by atoms with E-state index >= 15 is 0 Å². The minimum atomic E-state index is -1.89. The summed E-state index contributed by atoms with van der Waals surface area (Å²) < 4.78 is -2.91. The van der Waals surface area contributed by atoms with E-state index in [1.807, 2.05) is 18.2 Å². The van der Waals surface area contributed by atoms with Crippen LogP contribution in [0.2, 0.25) is 0 Å². The zero-order chi connectivity index (χ0) is 19.7. The van der Waals surface area contributed by atoms with E-state index in [2.05, 4.69) is 49.6 Å². The summed E-state index contributed by atoms with van der Waals surface area (Å²) in [5, 5.41) is 0. The lowest BCUT2D eigenvalue weighted by molar-refractivity contribution is 0.850. The van der Waals surface area contributed by atoms with Gasteiger partial charge < -0.3 is 4.90 Å². The Morgan fingerprint density at radius 2 is 1.38 bits per heavy atom. The highest BCUT2D eigenvalue weighted by atomic mass is 79.9. The number of nitrogens with zero attached hydrogens (tertiary/aromatic N) is 4. The Bertz CT molecular complexity index is 754. The monoisotopic (exact) mass is 538 g/mol. The van der Waals surface area contributed by atoms with Gasteiger partial charge in [0.15, 0.2) is 17.5 Å². The molecule has 11 heteroatoms. The highest BCUT2D eigenvalue weighted by molar-refractivity contribution is 9.10. The second-order valence-corrected chi connectivity index (χ2v) is 10.6. The quantitative estimate of drug-likeness (QED) is 0.399. The van der Waals surface area contributed by atoms with Crippen molar-refractivity contribution in [1.29, 1.82) is 0 Å². The fourth-order valence-electron chi connectivity index (χ4n) is 2.23. The molecule has 1 aromatic heterocycles. The van der Waals surface area contributed by atoms with E-state index in [0.29, 0.717) is 5.56 Å². The second-order valence-electron chi connectivity index (χ2n) is 5.14. The summed E-state index contributed by atoms with van der Waals surface area (Å²) in [6.45, 7) is 5.90. The van der Waals surface area contributed by atoms with Gasteiger partial charge in [-0.25, -0.2) is 15.0 Å². The van der Waals surface area contributed by atoms with Crippen LogP contribution in [0.3, 0.4) is 0 Å². The molecule has 0 fully saturated rings. The lowest BCUT2D eigenvalue weighted by atomic mass is 10.2. The Morgan fingerprint density at radius 3 is 1.77 bits per heavy atom. The molecule has 0 saturated heterocycles. The van der Waals surface area contributed by atoms with Crippen LogP contribution < -0.4 is 4.90 Å². The zero-order valence-electron chi connectivity index (χ0n) is 13.6.